The van der Waals surface area contributed by atoms with Crippen molar-refractivity contribution in [2.45, 2.75) is 33.4 Å². The number of anilines is 2. The molecular weight excluding hydrogens is 324 g/mol. The number of nitrogens with one attached hydrogen (secondary N) is 1. The van der Waals surface area contributed by atoms with Gasteiger partial charge in [0, 0.05) is 29.8 Å². The van der Waals surface area contributed by atoms with Crippen LogP contribution in [0.1, 0.15) is 25.0 Å². The first-order valence-electron chi connectivity index (χ1n) is 7.29. The third kappa shape index (κ3) is 4.32. The Morgan fingerprint density at radius 3 is 2.33 bits per heavy atom. The Balaban J connectivity index is 2.18. The Labute approximate surface area is 136 Å². The van der Waals surface area contributed by atoms with Gasteiger partial charge in [-0.1, -0.05) is 37.6 Å². The van der Waals surface area contributed by atoms with Gasteiger partial charge in [-0.3, -0.25) is 0 Å². The zero-order valence-electron chi connectivity index (χ0n) is 13.2. The van der Waals surface area contributed by atoms with Crippen molar-refractivity contribution >= 4 is 27.3 Å². The molecule has 2 aromatic rings. The molecule has 0 heterocycles. The van der Waals surface area contributed by atoms with Gasteiger partial charge in [-0.15, -0.1) is 0 Å². The molecule has 0 saturated carbocycles. The summed E-state index contributed by atoms with van der Waals surface area (Å²) in [6.07, 6.45) is 0. The van der Waals surface area contributed by atoms with E-state index in [2.05, 4.69) is 96.4 Å². The van der Waals surface area contributed by atoms with E-state index in [1.807, 2.05) is 0 Å². The monoisotopic (exact) mass is 346 g/mol. The third-order valence-electron chi connectivity index (χ3n) is 3.51. The number of halogens is 1. The average Bonchev–Trinajstić information content (AvgIpc) is 2.45. The summed E-state index contributed by atoms with van der Waals surface area (Å²) < 4.78 is 1.12. The molecule has 0 unspecified atom stereocenters. The van der Waals surface area contributed by atoms with Gasteiger partial charge in [0.05, 0.1) is 5.69 Å². The molecular formula is C18H23BrN2. The van der Waals surface area contributed by atoms with E-state index < -0.39 is 0 Å². The van der Waals surface area contributed by atoms with Crippen molar-refractivity contribution in [2.24, 2.45) is 0 Å². The van der Waals surface area contributed by atoms with Crippen molar-refractivity contribution < 1.29 is 0 Å². The Morgan fingerprint density at radius 1 is 1.10 bits per heavy atom. The molecule has 0 saturated heterocycles. The number of hydrogen-bond donors (Lipinski definition) is 1. The lowest BCUT2D eigenvalue weighted by Crippen LogP contribution is -2.21. The van der Waals surface area contributed by atoms with Crippen LogP contribution in [0.4, 0.5) is 11.4 Å². The van der Waals surface area contributed by atoms with Gasteiger partial charge in [0.25, 0.3) is 0 Å². The van der Waals surface area contributed by atoms with E-state index in [-0.39, 0.29) is 0 Å². The van der Waals surface area contributed by atoms with Crippen LogP contribution < -0.4 is 10.2 Å². The van der Waals surface area contributed by atoms with Gasteiger partial charge in [-0.25, -0.2) is 0 Å². The fraction of sp³-hybridized carbons (Fsp3) is 0.333. The van der Waals surface area contributed by atoms with E-state index in [4.69, 9.17) is 0 Å². The van der Waals surface area contributed by atoms with Crippen LogP contribution in [-0.4, -0.2) is 13.1 Å². The second-order valence-corrected chi connectivity index (χ2v) is 6.57. The summed E-state index contributed by atoms with van der Waals surface area (Å²) in [6, 6.07) is 15.6. The van der Waals surface area contributed by atoms with Gasteiger partial charge in [-0.05, 0) is 52.7 Å². The van der Waals surface area contributed by atoms with Crippen molar-refractivity contribution in [3.05, 3.63) is 58.1 Å². The van der Waals surface area contributed by atoms with Gasteiger partial charge < -0.3 is 10.2 Å². The van der Waals surface area contributed by atoms with E-state index in [1.165, 1.54) is 22.5 Å². The summed E-state index contributed by atoms with van der Waals surface area (Å²) >= 11 is 3.70. The molecule has 2 aromatic carbocycles. The molecule has 0 aromatic heterocycles. The Morgan fingerprint density at radius 2 is 1.76 bits per heavy atom. The molecule has 112 valence electrons. The highest BCUT2D eigenvalue weighted by molar-refractivity contribution is 9.10. The first-order valence-corrected chi connectivity index (χ1v) is 8.09. The number of nitrogens with zero attached hydrogens (tertiary/aromatic N) is 1. The van der Waals surface area contributed by atoms with Gasteiger partial charge in [-0.2, -0.15) is 0 Å². The first kappa shape index (κ1) is 16.1. The van der Waals surface area contributed by atoms with Crippen molar-refractivity contribution in [2.75, 3.05) is 11.9 Å². The number of aryl methyl sites for hydroxylation is 1. The predicted molar refractivity (Wildman–Crippen MR) is 95.4 cm³/mol. The van der Waals surface area contributed by atoms with Crippen LogP contribution in [0.3, 0.4) is 0 Å². The molecule has 1 N–H and O–H groups in total. The Hall–Kier alpha value is -1.32. The average molecular weight is 347 g/mol. The molecule has 21 heavy (non-hydrogen) atoms. The lowest BCUT2D eigenvalue weighted by Gasteiger charge is -2.22. The fourth-order valence-corrected chi connectivity index (χ4v) is 2.85. The highest BCUT2D eigenvalue weighted by Crippen LogP contribution is 2.31. The molecule has 0 bridgehead atoms. The maximum Gasteiger partial charge on any atom is 0.0552 e. The van der Waals surface area contributed by atoms with Crippen LogP contribution in [0, 0.1) is 6.92 Å². The topological polar surface area (TPSA) is 15.3 Å². The largest absolute Gasteiger partial charge is 0.344 e. The third-order valence-corrected chi connectivity index (χ3v) is 4.14. The van der Waals surface area contributed by atoms with Crippen LogP contribution >= 0.6 is 15.9 Å². The zero-order chi connectivity index (χ0) is 15.4. The van der Waals surface area contributed by atoms with Crippen molar-refractivity contribution in [1.29, 1.82) is 0 Å². The summed E-state index contributed by atoms with van der Waals surface area (Å²) in [5.41, 5.74) is 4.93. The first-order chi connectivity index (χ1) is 9.97. The molecule has 2 nitrogen and oxygen atoms in total. The van der Waals surface area contributed by atoms with Crippen molar-refractivity contribution in [1.82, 2.24) is 5.32 Å². The minimum absolute atomic E-state index is 0.499. The lowest BCUT2D eigenvalue weighted by molar-refractivity contribution is 0.589. The minimum atomic E-state index is 0.499. The van der Waals surface area contributed by atoms with Crippen LogP contribution in [0.15, 0.2) is 46.9 Å². The van der Waals surface area contributed by atoms with Crippen LogP contribution in [-0.2, 0) is 6.54 Å². The minimum Gasteiger partial charge on any atom is -0.344 e. The van der Waals surface area contributed by atoms with Gasteiger partial charge >= 0.3 is 0 Å². The maximum absolute atomic E-state index is 3.70. The molecule has 0 fully saturated rings. The highest BCUT2D eigenvalue weighted by Gasteiger charge is 2.08. The van der Waals surface area contributed by atoms with Crippen LogP contribution in [0.2, 0.25) is 0 Å². The maximum atomic E-state index is 3.70. The predicted octanol–water partition coefficient (Wildman–Crippen LogP) is 5.02. The summed E-state index contributed by atoms with van der Waals surface area (Å²) in [7, 11) is 2.09. The van der Waals surface area contributed by atoms with Gasteiger partial charge in [0.2, 0.25) is 0 Å². The molecule has 0 atom stereocenters. The Bertz CT molecular complexity index is 591. The van der Waals surface area contributed by atoms with Gasteiger partial charge in [0.15, 0.2) is 0 Å². The normalized spacial score (nSPS) is 11.0. The fourth-order valence-electron chi connectivity index (χ4n) is 2.16. The molecule has 0 amide bonds. The molecule has 0 aliphatic carbocycles. The van der Waals surface area contributed by atoms with Crippen molar-refractivity contribution in [3.8, 4) is 0 Å². The number of rotatable bonds is 5. The quantitative estimate of drug-likeness (QED) is 0.817. The zero-order valence-corrected chi connectivity index (χ0v) is 14.7. The summed E-state index contributed by atoms with van der Waals surface area (Å²) in [5.74, 6) is 0. The smallest absolute Gasteiger partial charge is 0.0552 e. The van der Waals surface area contributed by atoms with Crippen molar-refractivity contribution in [3.63, 3.8) is 0 Å². The van der Waals surface area contributed by atoms with Crippen LogP contribution in [0.25, 0.3) is 0 Å². The summed E-state index contributed by atoms with van der Waals surface area (Å²) in [5, 5.41) is 3.44. The summed E-state index contributed by atoms with van der Waals surface area (Å²) in [4.78, 5) is 2.20. The number of hydrogen-bond acceptors (Lipinski definition) is 2. The van der Waals surface area contributed by atoms with E-state index >= 15 is 0 Å². The van der Waals surface area contributed by atoms with E-state index in [9.17, 15) is 0 Å². The highest BCUT2D eigenvalue weighted by atomic mass is 79.9. The number of benzene rings is 2. The van der Waals surface area contributed by atoms with Crippen LogP contribution in [0.5, 0.6) is 0 Å². The second kappa shape index (κ2) is 7.10. The van der Waals surface area contributed by atoms with E-state index in [0.29, 0.717) is 6.04 Å². The molecule has 3 heteroatoms. The molecule has 0 radical (unpaired) electrons. The molecule has 0 aliphatic rings. The van der Waals surface area contributed by atoms with E-state index in [0.717, 1.165) is 11.0 Å². The molecule has 0 spiro atoms. The molecule has 2 rings (SSSR count). The standard InChI is InChI=1S/C18H23BrN2/c1-13(2)20-12-15-7-10-18(17(19)11-15)21(4)16-8-5-14(3)6-9-16/h5-11,13,20H,12H2,1-4H3. The summed E-state index contributed by atoms with van der Waals surface area (Å²) in [6.45, 7) is 7.32. The SMILES string of the molecule is Cc1ccc(N(C)c2ccc(CNC(C)C)cc2Br)cc1. The Kier molecular flexibility index (Phi) is 5.43. The molecule has 0 aliphatic heterocycles. The van der Waals surface area contributed by atoms with E-state index in [1.54, 1.807) is 0 Å². The lowest BCUT2D eigenvalue weighted by atomic mass is 10.1. The van der Waals surface area contributed by atoms with Gasteiger partial charge in [0.1, 0.15) is 0 Å². The second-order valence-electron chi connectivity index (χ2n) is 5.72.